The highest BCUT2D eigenvalue weighted by Gasteiger charge is 2.08. The van der Waals surface area contributed by atoms with E-state index in [0.717, 1.165) is 5.56 Å². The first kappa shape index (κ1) is 17.7. The van der Waals surface area contributed by atoms with Crippen LogP contribution in [0.15, 0.2) is 24.3 Å². The maximum absolute atomic E-state index is 11.9. The van der Waals surface area contributed by atoms with E-state index in [-0.39, 0.29) is 24.5 Å². The van der Waals surface area contributed by atoms with Gasteiger partial charge >= 0.3 is 0 Å². The molecule has 1 aromatic rings. The molecule has 1 rings (SSSR count). The first-order valence-corrected chi connectivity index (χ1v) is 7.28. The summed E-state index contributed by atoms with van der Waals surface area (Å²) < 4.78 is 0. The lowest BCUT2D eigenvalue weighted by Gasteiger charge is -2.10. The lowest BCUT2D eigenvalue weighted by Crippen LogP contribution is -2.34. The molecule has 0 spiro atoms. The second kappa shape index (κ2) is 9.59. The zero-order chi connectivity index (χ0) is 16.4. The van der Waals surface area contributed by atoms with Gasteiger partial charge in [-0.3, -0.25) is 9.59 Å². The molecule has 0 fully saturated rings. The summed E-state index contributed by atoms with van der Waals surface area (Å²) in [5, 5.41) is 14.2. The maximum Gasteiger partial charge on any atom is 0.251 e. The first-order chi connectivity index (χ1) is 10.6. The van der Waals surface area contributed by atoms with Gasteiger partial charge in [0.2, 0.25) is 5.91 Å². The second-order valence-corrected chi connectivity index (χ2v) is 4.97. The molecule has 1 unspecified atom stereocenters. The molecule has 0 saturated heterocycles. The molecule has 1 aromatic carbocycles. The van der Waals surface area contributed by atoms with Gasteiger partial charge in [0.05, 0.1) is 6.61 Å². The van der Waals surface area contributed by atoms with E-state index in [1.54, 1.807) is 32.2 Å². The van der Waals surface area contributed by atoms with Gasteiger partial charge < -0.3 is 15.7 Å². The molecule has 0 aliphatic carbocycles. The van der Waals surface area contributed by atoms with Gasteiger partial charge in [-0.2, -0.15) is 0 Å². The molecular weight excluding hydrogens is 280 g/mol. The minimum Gasteiger partial charge on any atom is -0.394 e. The van der Waals surface area contributed by atoms with Crippen LogP contribution in [-0.2, 0) is 4.79 Å². The second-order valence-electron chi connectivity index (χ2n) is 4.97. The van der Waals surface area contributed by atoms with Crippen LogP contribution in [0.3, 0.4) is 0 Å². The first-order valence-electron chi connectivity index (χ1n) is 7.28. The predicted octanol–water partition coefficient (Wildman–Crippen LogP) is 1.06. The summed E-state index contributed by atoms with van der Waals surface area (Å²) in [4.78, 5) is 23.0. The highest BCUT2D eigenvalue weighted by Crippen LogP contribution is 2.05. The van der Waals surface area contributed by atoms with Crippen LogP contribution in [0.5, 0.6) is 0 Å². The zero-order valence-corrected chi connectivity index (χ0v) is 13.0. The Hall–Kier alpha value is -2.32. The fraction of sp³-hybridized carbons (Fsp3) is 0.412. The van der Waals surface area contributed by atoms with Crippen LogP contribution in [0, 0.1) is 11.8 Å². The fourth-order valence-corrected chi connectivity index (χ4v) is 1.72. The summed E-state index contributed by atoms with van der Waals surface area (Å²) in [7, 11) is 1.61. The molecule has 1 atom stereocenters. The number of hydrogen-bond donors (Lipinski definition) is 3. The molecule has 0 aliphatic heterocycles. The van der Waals surface area contributed by atoms with E-state index in [9.17, 15) is 9.59 Å². The van der Waals surface area contributed by atoms with Crippen LogP contribution < -0.4 is 10.6 Å². The highest BCUT2D eigenvalue weighted by molar-refractivity contribution is 5.94. The third-order valence-electron chi connectivity index (χ3n) is 2.99. The Morgan fingerprint density at radius 1 is 1.36 bits per heavy atom. The standard InChI is InChI=1S/C17H22N2O3/c1-13(12-20)19-17(22)15-9-6-8-14(11-15)7-4-3-5-10-16(21)18-2/h6,8-9,11,13,20H,3,5,10,12H2,1-2H3,(H,18,21)(H,19,22). The molecule has 0 saturated carbocycles. The quantitative estimate of drug-likeness (QED) is 0.543. The average molecular weight is 302 g/mol. The number of aliphatic hydroxyl groups excluding tert-OH is 1. The number of unbranched alkanes of at least 4 members (excludes halogenated alkanes) is 1. The van der Waals surface area contributed by atoms with Gasteiger partial charge in [-0.05, 0) is 31.5 Å². The monoisotopic (exact) mass is 302 g/mol. The number of nitrogens with one attached hydrogen (secondary N) is 2. The number of carbonyl (C=O) groups excluding carboxylic acids is 2. The highest BCUT2D eigenvalue weighted by atomic mass is 16.3. The molecule has 22 heavy (non-hydrogen) atoms. The van der Waals surface area contributed by atoms with Crippen molar-refractivity contribution in [3.8, 4) is 11.8 Å². The molecule has 5 heteroatoms. The lowest BCUT2D eigenvalue weighted by molar-refractivity contribution is -0.120. The van der Waals surface area contributed by atoms with Crippen LogP contribution in [0.25, 0.3) is 0 Å². The van der Waals surface area contributed by atoms with Crippen LogP contribution in [0.2, 0.25) is 0 Å². The molecule has 5 nitrogen and oxygen atoms in total. The lowest BCUT2D eigenvalue weighted by atomic mass is 10.1. The van der Waals surface area contributed by atoms with Gasteiger partial charge in [-0.1, -0.05) is 17.9 Å². The van der Waals surface area contributed by atoms with Crippen molar-refractivity contribution in [2.24, 2.45) is 0 Å². The van der Waals surface area contributed by atoms with Gasteiger partial charge in [0.1, 0.15) is 0 Å². The van der Waals surface area contributed by atoms with Crippen LogP contribution in [0.4, 0.5) is 0 Å². The topological polar surface area (TPSA) is 78.4 Å². The minimum absolute atomic E-state index is 0.0125. The van der Waals surface area contributed by atoms with E-state index < -0.39 is 0 Å². The molecule has 118 valence electrons. The Morgan fingerprint density at radius 3 is 2.82 bits per heavy atom. The van der Waals surface area contributed by atoms with Crippen molar-refractivity contribution >= 4 is 11.8 Å². The summed E-state index contributed by atoms with van der Waals surface area (Å²) in [6.45, 7) is 1.63. The predicted molar refractivity (Wildman–Crippen MR) is 85.3 cm³/mol. The number of aliphatic hydroxyl groups is 1. The normalized spacial score (nSPS) is 11.0. The average Bonchev–Trinajstić information content (AvgIpc) is 2.54. The maximum atomic E-state index is 11.9. The summed E-state index contributed by atoms with van der Waals surface area (Å²) >= 11 is 0. The Labute approximate surface area is 131 Å². The number of benzene rings is 1. The summed E-state index contributed by atoms with van der Waals surface area (Å²) in [6.07, 6.45) is 1.80. The molecule has 0 bridgehead atoms. The van der Waals surface area contributed by atoms with E-state index in [2.05, 4.69) is 22.5 Å². The smallest absolute Gasteiger partial charge is 0.251 e. The van der Waals surface area contributed by atoms with E-state index in [1.165, 1.54) is 0 Å². The molecule has 0 heterocycles. The number of carbonyl (C=O) groups is 2. The summed E-state index contributed by atoms with van der Waals surface area (Å²) in [5.74, 6) is 5.77. The Balaban J connectivity index is 2.57. The third kappa shape index (κ3) is 6.42. The van der Waals surface area contributed by atoms with Gasteiger partial charge in [0.15, 0.2) is 0 Å². The fourth-order valence-electron chi connectivity index (χ4n) is 1.72. The van der Waals surface area contributed by atoms with Crippen LogP contribution in [-0.4, -0.2) is 36.6 Å². The Kier molecular flexibility index (Phi) is 7.73. The van der Waals surface area contributed by atoms with Gasteiger partial charge in [-0.25, -0.2) is 0 Å². The van der Waals surface area contributed by atoms with E-state index in [1.807, 2.05) is 6.07 Å². The minimum atomic E-state index is -0.285. The number of amides is 2. The molecular formula is C17H22N2O3. The van der Waals surface area contributed by atoms with Gasteiger partial charge in [-0.15, -0.1) is 0 Å². The van der Waals surface area contributed by atoms with Crippen molar-refractivity contribution in [1.82, 2.24) is 10.6 Å². The molecule has 0 aromatic heterocycles. The number of hydrogen-bond acceptors (Lipinski definition) is 3. The summed E-state index contributed by atoms with van der Waals surface area (Å²) in [6, 6.07) is 6.74. The molecule has 0 radical (unpaired) electrons. The van der Waals surface area contributed by atoms with E-state index >= 15 is 0 Å². The molecule has 3 N–H and O–H groups in total. The van der Waals surface area contributed by atoms with E-state index in [0.29, 0.717) is 24.8 Å². The largest absolute Gasteiger partial charge is 0.394 e. The molecule has 2 amide bonds. The van der Waals surface area contributed by atoms with Crippen molar-refractivity contribution in [3.05, 3.63) is 35.4 Å². The van der Waals surface area contributed by atoms with Crippen molar-refractivity contribution in [1.29, 1.82) is 0 Å². The molecule has 0 aliphatic rings. The van der Waals surface area contributed by atoms with Crippen molar-refractivity contribution < 1.29 is 14.7 Å². The van der Waals surface area contributed by atoms with Crippen molar-refractivity contribution in [2.75, 3.05) is 13.7 Å². The van der Waals surface area contributed by atoms with Crippen molar-refractivity contribution in [3.63, 3.8) is 0 Å². The van der Waals surface area contributed by atoms with Gasteiger partial charge in [0, 0.05) is 37.1 Å². The van der Waals surface area contributed by atoms with Gasteiger partial charge in [0.25, 0.3) is 5.91 Å². The third-order valence-corrected chi connectivity index (χ3v) is 2.99. The van der Waals surface area contributed by atoms with Crippen LogP contribution >= 0.6 is 0 Å². The van der Waals surface area contributed by atoms with E-state index in [4.69, 9.17) is 5.11 Å². The number of rotatable bonds is 6. The SMILES string of the molecule is CNC(=O)CCCC#Cc1cccc(C(=O)NC(C)CO)c1. The Bertz CT molecular complexity index is 573. The van der Waals surface area contributed by atoms with Crippen LogP contribution in [0.1, 0.15) is 42.1 Å². The summed E-state index contributed by atoms with van der Waals surface area (Å²) in [5.41, 5.74) is 1.27. The van der Waals surface area contributed by atoms with Crippen molar-refractivity contribution in [2.45, 2.75) is 32.2 Å². The zero-order valence-electron chi connectivity index (χ0n) is 13.0. The Morgan fingerprint density at radius 2 is 2.14 bits per heavy atom.